The smallest absolute Gasteiger partial charge is 0.257 e. The molecule has 0 saturated heterocycles. The van der Waals surface area contributed by atoms with Crippen LogP contribution in [0.15, 0.2) is 47.5 Å². The Morgan fingerprint density at radius 1 is 1.35 bits per heavy atom. The van der Waals surface area contributed by atoms with E-state index in [1.54, 1.807) is 12.4 Å². The Morgan fingerprint density at radius 2 is 2.20 bits per heavy atom. The van der Waals surface area contributed by atoms with Crippen molar-refractivity contribution in [2.75, 3.05) is 5.32 Å². The number of aromatic nitrogens is 3. The van der Waals surface area contributed by atoms with Crippen LogP contribution in [0.25, 0.3) is 10.8 Å². The monoisotopic (exact) mass is 268 g/mol. The van der Waals surface area contributed by atoms with Crippen LogP contribution >= 0.6 is 0 Å². The third-order valence-electron chi connectivity index (χ3n) is 3.34. The fourth-order valence-electron chi connectivity index (χ4n) is 2.31. The predicted molar refractivity (Wildman–Crippen MR) is 79.8 cm³/mol. The van der Waals surface area contributed by atoms with E-state index in [0.717, 1.165) is 17.6 Å². The first kappa shape index (κ1) is 12.5. The van der Waals surface area contributed by atoms with Crippen molar-refractivity contribution in [3.63, 3.8) is 0 Å². The van der Waals surface area contributed by atoms with Gasteiger partial charge in [0.1, 0.15) is 11.6 Å². The standard InChI is InChI=1S/C15H16N4O/c1-2-12(14-16-7-8-17-14)18-13-9-10-5-3-4-6-11(10)15(20)19-13/h3-9,12H,2H2,1H3,(H,16,17)(H2,18,19,20). The van der Waals surface area contributed by atoms with Gasteiger partial charge >= 0.3 is 0 Å². The maximum absolute atomic E-state index is 12.0. The summed E-state index contributed by atoms with van der Waals surface area (Å²) in [6.45, 7) is 2.07. The number of H-pyrrole nitrogens is 2. The van der Waals surface area contributed by atoms with E-state index >= 15 is 0 Å². The van der Waals surface area contributed by atoms with E-state index in [1.165, 1.54) is 0 Å². The molecule has 0 amide bonds. The molecule has 1 atom stereocenters. The van der Waals surface area contributed by atoms with Crippen molar-refractivity contribution in [1.82, 2.24) is 15.0 Å². The van der Waals surface area contributed by atoms with E-state index in [-0.39, 0.29) is 11.6 Å². The topological polar surface area (TPSA) is 73.6 Å². The number of imidazole rings is 1. The predicted octanol–water partition coefficient (Wildman–Crippen LogP) is 2.81. The van der Waals surface area contributed by atoms with Gasteiger partial charge in [0.05, 0.1) is 6.04 Å². The zero-order chi connectivity index (χ0) is 13.9. The van der Waals surface area contributed by atoms with Gasteiger partial charge in [-0.2, -0.15) is 0 Å². The molecule has 3 N–H and O–H groups in total. The Morgan fingerprint density at radius 3 is 2.95 bits per heavy atom. The lowest BCUT2D eigenvalue weighted by Crippen LogP contribution is -2.16. The molecule has 2 heterocycles. The van der Waals surface area contributed by atoms with Gasteiger partial charge in [-0.25, -0.2) is 4.98 Å². The summed E-state index contributed by atoms with van der Waals surface area (Å²) in [7, 11) is 0. The quantitative estimate of drug-likeness (QED) is 0.681. The van der Waals surface area contributed by atoms with E-state index in [4.69, 9.17) is 0 Å². The van der Waals surface area contributed by atoms with Crippen LogP contribution in [0, 0.1) is 0 Å². The summed E-state index contributed by atoms with van der Waals surface area (Å²) in [5, 5.41) is 4.94. The molecular formula is C15H16N4O. The second-order valence-electron chi connectivity index (χ2n) is 4.68. The molecule has 5 nitrogen and oxygen atoms in total. The number of rotatable bonds is 4. The number of hydrogen-bond donors (Lipinski definition) is 3. The molecule has 0 saturated carbocycles. The number of nitrogens with zero attached hydrogens (tertiary/aromatic N) is 1. The Hall–Kier alpha value is -2.56. The molecule has 0 radical (unpaired) electrons. The van der Waals surface area contributed by atoms with Gasteiger partial charge in [-0.05, 0) is 23.9 Å². The van der Waals surface area contributed by atoms with Crippen molar-refractivity contribution in [3.05, 3.63) is 58.9 Å². The van der Waals surface area contributed by atoms with Gasteiger partial charge in [0.15, 0.2) is 0 Å². The lowest BCUT2D eigenvalue weighted by molar-refractivity contribution is 0.700. The number of nitrogens with one attached hydrogen (secondary N) is 3. The van der Waals surface area contributed by atoms with Crippen molar-refractivity contribution in [3.8, 4) is 0 Å². The minimum Gasteiger partial charge on any atom is -0.362 e. The molecule has 0 aliphatic rings. The molecular weight excluding hydrogens is 252 g/mol. The molecule has 20 heavy (non-hydrogen) atoms. The van der Waals surface area contributed by atoms with Crippen molar-refractivity contribution < 1.29 is 0 Å². The highest BCUT2D eigenvalue weighted by molar-refractivity contribution is 5.83. The summed E-state index contributed by atoms with van der Waals surface area (Å²) in [4.78, 5) is 22.3. The summed E-state index contributed by atoms with van der Waals surface area (Å²) >= 11 is 0. The maximum atomic E-state index is 12.0. The van der Waals surface area contributed by atoms with Crippen molar-refractivity contribution >= 4 is 16.6 Å². The van der Waals surface area contributed by atoms with Crippen LogP contribution in [0.3, 0.4) is 0 Å². The van der Waals surface area contributed by atoms with Crippen LogP contribution in [0.4, 0.5) is 5.82 Å². The summed E-state index contributed by atoms with van der Waals surface area (Å²) in [5.74, 6) is 1.57. The molecule has 2 aromatic heterocycles. The van der Waals surface area contributed by atoms with E-state index < -0.39 is 0 Å². The molecule has 3 aromatic rings. The molecule has 0 aliphatic carbocycles. The number of hydrogen-bond acceptors (Lipinski definition) is 3. The van der Waals surface area contributed by atoms with Gasteiger partial charge in [-0.15, -0.1) is 0 Å². The van der Waals surface area contributed by atoms with E-state index in [0.29, 0.717) is 11.2 Å². The largest absolute Gasteiger partial charge is 0.362 e. The number of benzene rings is 1. The fourth-order valence-corrected chi connectivity index (χ4v) is 2.31. The van der Waals surface area contributed by atoms with Crippen LogP contribution < -0.4 is 10.9 Å². The lowest BCUT2D eigenvalue weighted by Gasteiger charge is -2.16. The summed E-state index contributed by atoms with van der Waals surface area (Å²) in [5.41, 5.74) is -0.0834. The van der Waals surface area contributed by atoms with Crippen LogP contribution in [0.5, 0.6) is 0 Å². The first-order chi connectivity index (χ1) is 9.78. The molecule has 0 bridgehead atoms. The van der Waals surface area contributed by atoms with Gasteiger partial charge in [0, 0.05) is 17.8 Å². The van der Waals surface area contributed by atoms with E-state index in [9.17, 15) is 4.79 Å². The number of aromatic amines is 2. The third kappa shape index (κ3) is 2.30. The van der Waals surface area contributed by atoms with Crippen LogP contribution in [-0.4, -0.2) is 15.0 Å². The average Bonchev–Trinajstić information content (AvgIpc) is 2.99. The highest BCUT2D eigenvalue weighted by atomic mass is 16.1. The zero-order valence-electron chi connectivity index (χ0n) is 11.2. The molecule has 0 aliphatic heterocycles. The minimum absolute atomic E-state index is 0.0433. The van der Waals surface area contributed by atoms with Gasteiger partial charge < -0.3 is 15.3 Å². The maximum Gasteiger partial charge on any atom is 0.257 e. The normalized spacial score (nSPS) is 12.4. The van der Waals surface area contributed by atoms with Gasteiger partial charge in [-0.3, -0.25) is 4.79 Å². The van der Waals surface area contributed by atoms with E-state index in [2.05, 4.69) is 27.2 Å². The number of fused-ring (bicyclic) bond motifs is 1. The molecule has 3 rings (SSSR count). The van der Waals surface area contributed by atoms with Gasteiger partial charge in [0.25, 0.3) is 5.56 Å². The lowest BCUT2D eigenvalue weighted by atomic mass is 10.1. The minimum atomic E-state index is -0.0834. The summed E-state index contributed by atoms with van der Waals surface area (Å²) in [6, 6.07) is 9.53. The second kappa shape index (κ2) is 5.21. The average molecular weight is 268 g/mol. The first-order valence-corrected chi connectivity index (χ1v) is 6.66. The second-order valence-corrected chi connectivity index (χ2v) is 4.68. The fraction of sp³-hybridized carbons (Fsp3) is 0.200. The zero-order valence-corrected chi connectivity index (χ0v) is 11.2. The highest BCUT2D eigenvalue weighted by Gasteiger charge is 2.12. The van der Waals surface area contributed by atoms with Crippen LogP contribution in [-0.2, 0) is 0 Å². The highest BCUT2D eigenvalue weighted by Crippen LogP contribution is 2.19. The molecule has 102 valence electrons. The van der Waals surface area contributed by atoms with E-state index in [1.807, 2.05) is 30.3 Å². The van der Waals surface area contributed by atoms with Gasteiger partial charge in [-0.1, -0.05) is 25.1 Å². The Bertz CT molecular complexity index is 761. The number of anilines is 1. The van der Waals surface area contributed by atoms with Crippen molar-refractivity contribution in [2.45, 2.75) is 19.4 Å². The third-order valence-corrected chi connectivity index (χ3v) is 3.34. The molecule has 1 unspecified atom stereocenters. The first-order valence-electron chi connectivity index (χ1n) is 6.66. The molecule has 0 fully saturated rings. The SMILES string of the molecule is CCC(Nc1cc2ccccc2c(=O)[nH]1)c1ncc[nH]1. The molecule has 0 spiro atoms. The number of pyridine rings is 1. The Kier molecular flexibility index (Phi) is 3.25. The summed E-state index contributed by atoms with van der Waals surface area (Å²) < 4.78 is 0. The molecule has 5 heteroatoms. The van der Waals surface area contributed by atoms with Crippen molar-refractivity contribution in [1.29, 1.82) is 0 Å². The summed E-state index contributed by atoms with van der Waals surface area (Å²) in [6.07, 6.45) is 4.38. The molecule has 1 aromatic carbocycles. The Balaban J connectivity index is 1.96. The van der Waals surface area contributed by atoms with Crippen molar-refractivity contribution in [2.24, 2.45) is 0 Å². The van der Waals surface area contributed by atoms with Gasteiger partial charge in [0.2, 0.25) is 0 Å². The van der Waals surface area contributed by atoms with Crippen LogP contribution in [0.2, 0.25) is 0 Å². The van der Waals surface area contributed by atoms with Crippen LogP contribution in [0.1, 0.15) is 25.2 Å². The Labute approximate surface area is 116 Å².